The number of allylic oxidation sites excluding steroid dienone is 10. The van der Waals surface area contributed by atoms with Crippen LogP contribution in [0.4, 0.5) is 0 Å². The Morgan fingerprint density at radius 1 is 0.522 bits per heavy atom. The molecule has 0 radical (unpaired) electrons. The Kier molecular flexibility index (Phi) is 42.2. The summed E-state index contributed by atoms with van der Waals surface area (Å²) in [6.45, 7) is 3.40. The fourth-order valence-electron chi connectivity index (χ4n) is 8.27. The highest BCUT2D eigenvalue weighted by atomic mass is 16.7. The highest BCUT2D eigenvalue weighted by Crippen LogP contribution is 2.23. The highest BCUT2D eigenvalue weighted by Gasteiger charge is 2.44. The summed E-state index contributed by atoms with van der Waals surface area (Å²) in [7, 11) is 0. The van der Waals surface area contributed by atoms with Crippen LogP contribution in [0.25, 0.3) is 0 Å². The smallest absolute Gasteiger partial charge is 0.249 e. The van der Waals surface area contributed by atoms with Crippen LogP contribution in [0.15, 0.2) is 60.8 Å². The molecule has 0 aromatic rings. The van der Waals surface area contributed by atoms with E-state index >= 15 is 0 Å². The molecule has 1 amide bonds. The van der Waals surface area contributed by atoms with E-state index in [9.17, 15) is 40.5 Å². The minimum atomic E-state index is -1.68. The molecule has 8 N–H and O–H groups in total. The van der Waals surface area contributed by atoms with Crippen LogP contribution in [0.2, 0.25) is 0 Å². The lowest BCUT2D eigenvalue weighted by atomic mass is 9.98. The van der Waals surface area contributed by atoms with Crippen LogP contribution in [-0.4, -0.2) is 110 Å². The number of carbonyl (C=O) groups is 1. The number of nitrogens with one attached hydrogen (secondary N) is 1. The number of carbonyl (C=O) groups excluding carboxylic acids is 1. The molecular formula is C56H101NO10. The van der Waals surface area contributed by atoms with Crippen molar-refractivity contribution >= 4 is 5.91 Å². The van der Waals surface area contributed by atoms with Crippen molar-refractivity contribution in [1.29, 1.82) is 0 Å². The first-order chi connectivity index (χ1) is 32.7. The van der Waals surface area contributed by atoms with Gasteiger partial charge in [-0.25, -0.2) is 0 Å². The van der Waals surface area contributed by atoms with E-state index in [1.165, 1.54) is 96.3 Å². The van der Waals surface area contributed by atoms with Crippen molar-refractivity contribution in [3.05, 3.63) is 60.8 Å². The SMILES string of the molecule is CCCCC/C=C\C/C=C\CCCCCCCCC(O)C(=O)NC(COC1OC(CO)C(O)C(O)C1O)C(O)C(O)CCC/C=C/CC/C=C/CC/C=C/CCCCCCCCCCCCC. The summed E-state index contributed by atoms with van der Waals surface area (Å²) in [6.07, 6.45) is 45.5. The van der Waals surface area contributed by atoms with Crippen molar-refractivity contribution in [2.75, 3.05) is 13.2 Å². The summed E-state index contributed by atoms with van der Waals surface area (Å²) < 4.78 is 11.1. The topological polar surface area (TPSA) is 189 Å². The van der Waals surface area contributed by atoms with Crippen LogP contribution in [0.1, 0.15) is 219 Å². The quantitative estimate of drug-likeness (QED) is 0.0215. The molecule has 9 atom stereocenters. The summed E-state index contributed by atoms with van der Waals surface area (Å²) >= 11 is 0. The van der Waals surface area contributed by atoms with Crippen molar-refractivity contribution in [2.45, 2.75) is 274 Å². The molecule has 11 heteroatoms. The third-order valence-corrected chi connectivity index (χ3v) is 12.7. The maximum Gasteiger partial charge on any atom is 0.249 e. The average Bonchev–Trinajstić information content (AvgIpc) is 3.33. The summed E-state index contributed by atoms with van der Waals surface area (Å²) in [4.78, 5) is 13.1. The molecule has 0 aliphatic carbocycles. The lowest BCUT2D eigenvalue weighted by Gasteiger charge is -2.40. The third kappa shape index (κ3) is 33.9. The Hall–Kier alpha value is -2.19. The molecule has 1 aliphatic rings. The summed E-state index contributed by atoms with van der Waals surface area (Å²) in [6, 6.07) is -1.20. The molecule has 11 nitrogen and oxygen atoms in total. The Morgan fingerprint density at radius 3 is 1.45 bits per heavy atom. The van der Waals surface area contributed by atoms with Gasteiger partial charge in [0.05, 0.1) is 25.4 Å². The van der Waals surface area contributed by atoms with E-state index in [0.717, 1.165) is 77.0 Å². The summed E-state index contributed by atoms with van der Waals surface area (Å²) in [5.41, 5.74) is 0. The predicted octanol–water partition coefficient (Wildman–Crippen LogP) is 10.7. The molecule has 9 unspecified atom stereocenters. The number of unbranched alkanes of at least 4 members (excludes halogenated alkanes) is 23. The minimum absolute atomic E-state index is 0.235. The number of aliphatic hydroxyl groups is 7. The second-order valence-corrected chi connectivity index (χ2v) is 18.9. The fraction of sp³-hybridized carbons (Fsp3) is 0.804. The third-order valence-electron chi connectivity index (χ3n) is 12.7. The standard InChI is InChI=1S/C56H101NO10/c1-3-5-7-9-11-13-15-17-19-21-22-23-24-25-26-27-28-30-31-33-35-37-39-41-43-48(59)51(61)47(46-66-56-54(64)53(63)52(62)50(45-58)67-56)57-55(65)49(60)44-42-40-38-36-34-32-29-20-18-16-14-12-10-8-6-4-2/h12,14,18,20,24-25,28,30,35,37,47-54,56,58-64H,3-11,13,15-17,19,21-23,26-27,29,31-34,36,38-46H2,1-2H3,(H,57,65)/b14-12-,20-18-,25-24+,30-28+,37-35+. The zero-order chi connectivity index (χ0) is 49.0. The van der Waals surface area contributed by atoms with Gasteiger partial charge in [0.25, 0.3) is 0 Å². The molecule has 1 rings (SSSR count). The normalized spacial score (nSPS) is 21.1. The van der Waals surface area contributed by atoms with E-state index < -0.39 is 74.2 Å². The Morgan fingerprint density at radius 2 is 0.940 bits per heavy atom. The lowest BCUT2D eigenvalue weighted by Crippen LogP contribution is -2.60. The molecule has 0 aromatic carbocycles. The molecular weight excluding hydrogens is 847 g/mol. The van der Waals surface area contributed by atoms with E-state index in [1.807, 2.05) is 0 Å². The second kappa shape index (κ2) is 45.0. The number of aliphatic hydroxyl groups excluding tert-OH is 7. The van der Waals surface area contributed by atoms with Gasteiger partial charge in [-0.2, -0.15) is 0 Å². The molecule has 0 spiro atoms. The van der Waals surface area contributed by atoms with Gasteiger partial charge in [-0.15, -0.1) is 0 Å². The molecule has 67 heavy (non-hydrogen) atoms. The van der Waals surface area contributed by atoms with Gasteiger partial charge in [0.15, 0.2) is 6.29 Å². The van der Waals surface area contributed by atoms with Crippen LogP contribution in [0.5, 0.6) is 0 Å². The van der Waals surface area contributed by atoms with Crippen LogP contribution < -0.4 is 5.32 Å². The van der Waals surface area contributed by atoms with Crippen molar-refractivity contribution < 1.29 is 50.0 Å². The Labute approximate surface area is 408 Å². The minimum Gasteiger partial charge on any atom is -0.394 e. The van der Waals surface area contributed by atoms with Gasteiger partial charge in [0.1, 0.15) is 36.6 Å². The lowest BCUT2D eigenvalue weighted by molar-refractivity contribution is -0.303. The van der Waals surface area contributed by atoms with Crippen molar-refractivity contribution in [1.82, 2.24) is 5.32 Å². The fourth-order valence-corrected chi connectivity index (χ4v) is 8.27. The second-order valence-electron chi connectivity index (χ2n) is 18.9. The molecule has 0 aromatic heterocycles. The Bertz CT molecular complexity index is 1270. The zero-order valence-corrected chi connectivity index (χ0v) is 42.4. The average molecular weight is 948 g/mol. The van der Waals surface area contributed by atoms with Crippen LogP contribution in [0, 0.1) is 0 Å². The van der Waals surface area contributed by atoms with Crippen LogP contribution >= 0.6 is 0 Å². The number of hydrogen-bond donors (Lipinski definition) is 8. The van der Waals surface area contributed by atoms with E-state index in [-0.39, 0.29) is 12.8 Å². The molecule has 1 saturated heterocycles. The van der Waals surface area contributed by atoms with Gasteiger partial charge in [-0.1, -0.05) is 184 Å². The molecule has 390 valence electrons. The van der Waals surface area contributed by atoms with Crippen molar-refractivity contribution in [2.24, 2.45) is 0 Å². The molecule has 1 aliphatic heterocycles. The maximum atomic E-state index is 13.1. The first-order valence-corrected chi connectivity index (χ1v) is 27.2. The van der Waals surface area contributed by atoms with Crippen LogP contribution in [0.3, 0.4) is 0 Å². The maximum absolute atomic E-state index is 13.1. The van der Waals surface area contributed by atoms with E-state index in [0.29, 0.717) is 19.3 Å². The molecule has 1 fully saturated rings. The largest absolute Gasteiger partial charge is 0.394 e. The van der Waals surface area contributed by atoms with Gasteiger partial charge < -0.3 is 50.5 Å². The number of hydrogen-bond acceptors (Lipinski definition) is 10. The van der Waals surface area contributed by atoms with Gasteiger partial charge in [0, 0.05) is 0 Å². The number of amides is 1. The number of rotatable bonds is 45. The van der Waals surface area contributed by atoms with Gasteiger partial charge in [-0.05, 0) is 96.3 Å². The van der Waals surface area contributed by atoms with Gasteiger partial charge in [0.2, 0.25) is 5.91 Å². The Balaban J connectivity index is 2.40. The van der Waals surface area contributed by atoms with Crippen LogP contribution in [-0.2, 0) is 14.3 Å². The van der Waals surface area contributed by atoms with E-state index in [4.69, 9.17) is 9.47 Å². The summed E-state index contributed by atoms with van der Waals surface area (Å²) in [5, 5.41) is 75.9. The highest BCUT2D eigenvalue weighted by molar-refractivity contribution is 5.80. The van der Waals surface area contributed by atoms with Crippen molar-refractivity contribution in [3.8, 4) is 0 Å². The van der Waals surface area contributed by atoms with Gasteiger partial charge >= 0.3 is 0 Å². The molecule has 0 saturated carbocycles. The molecule has 1 heterocycles. The first-order valence-electron chi connectivity index (χ1n) is 27.2. The summed E-state index contributed by atoms with van der Waals surface area (Å²) in [5.74, 6) is -0.723. The monoisotopic (exact) mass is 948 g/mol. The van der Waals surface area contributed by atoms with Gasteiger partial charge in [-0.3, -0.25) is 4.79 Å². The number of ether oxygens (including phenoxy) is 2. The van der Waals surface area contributed by atoms with E-state index in [2.05, 4.69) is 79.9 Å². The van der Waals surface area contributed by atoms with E-state index in [1.54, 1.807) is 0 Å². The molecule has 0 bridgehead atoms. The van der Waals surface area contributed by atoms with Crippen molar-refractivity contribution in [3.63, 3.8) is 0 Å². The predicted molar refractivity (Wildman–Crippen MR) is 274 cm³/mol. The zero-order valence-electron chi connectivity index (χ0n) is 42.4. The first kappa shape index (κ1) is 62.8.